The normalized spacial score (nSPS) is 25.0. The van der Waals surface area contributed by atoms with Crippen LogP contribution in [0.4, 0.5) is 13.2 Å². The van der Waals surface area contributed by atoms with Gasteiger partial charge in [-0.1, -0.05) is 0 Å². The third-order valence-corrected chi connectivity index (χ3v) is 4.56. The number of fused-ring (bicyclic) bond motifs is 1. The Morgan fingerprint density at radius 2 is 2.09 bits per heavy atom. The molecular weight excluding hydrogens is 311 g/mol. The first-order valence-corrected chi connectivity index (χ1v) is 7.56. The Morgan fingerprint density at radius 1 is 1.35 bits per heavy atom. The molecule has 2 atom stereocenters. The van der Waals surface area contributed by atoms with Crippen LogP contribution in [0, 0.1) is 5.92 Å². The van der Waals surface area contributed by atoms with E-state index in [9.17, 15) is 22.8 Å². The molecule has 0 aliphatic carbocycles. The minimum absolute atomic E-state index is 0.140. The summed E-state index contributed by atoms with van der Waals surface area (Å²) in [5, 5.41) is 0. The van der Waals surface area contributed by atoms with Crippen LogP contribution in [0.2, 0.25) is 0 Å². The standard InChI is InChI=1S/C15H18F3N3O2/c1-10-12-3-2-4-19(12)5-6-21(10)14(23)11-7-13(22)20(8-11)9-15(16,17)18/h2-4,10-11H,5-9H2,1H3/t10-,11+/m1/s1. The monoisotopic (exact) mass is 329 g/mol. The molecule has 126 valence electrons. The minimum atomic E-state index is -4.44. The Hall–Kier alpha value is -1.99. The van der Waals surface area contributed by atoms with Gasteiger partial charge in [-0.05, 0) is 19.1 Å². The maximum atomic E-state index is 12.7. The highest BCUT2D eigenvalue weighted by molar-refractivity contribution is 5.89. The lowest BCUT2D eigenvalue weighted by molar-refractivity contribution is -0.157. The molecule has 8 heteroatoms. The number of aromatic nitrogens is 1. The van der Waals surface area contributed by atoms with Crippen LogP contribution in [0.25, 0.3) is 0 Å². The van der Waals surface area contributed by atoms with Gasteiger partial charge in [-0.3, -0.25) is 9.59 Å². The van der Waals surface area contributed by atoms with Crippen molar-refractivity contribution >= 4 is 11.8 Å². The van der Waals surface area contributed by atoms with Gasteiger partial charge in [-0.2, -0.15) is 13.2 Å². The molecule has 0 N–H and O–H groups in total. The van der Waals surface area contributed by atoms with Crippen molar-refractivity contribution in [3.63, 3.8) is 0 Å². The summed E-state index contributed by atoms with van der Waals surface area (Å²) in [5.74, 6) is -1.52. The highest BCUT2D eigenvalue weighted by atomic mass is 19.4. The molecule has 1 aromatic rings. The van der Waals surface area contributed by atoms with Crippen molar-refractivity contribution in [2.24, 2.45) is 5.92 Å². The Bertz CT molecular complexity index is 626. The van der Waals surface area contributed by atoms with E-state index in [0.29, 0.717) is 13.1 Å². The fraction of sp³-hybridized carbons (Fsp3) is 0.600. The molecule has 0 aromatic carbocycles. The fourth-order valence-electron chi connectivity index (χ4n) is 3.42. The summed E-state index contributed by atoms with van der Waals surface area (Å²) < 4.78 is 39.5. The van der Waals surface area contributed by atoms with Crippen LogP contribution in [0.1, 0.15) is 25.1 Å². The number of carbonyl (C=O) groups is 2. The quantitative estimate of drug-likeness (QED) is 0.831. The third kappa shape index (κ3) is 3.07. The largest absolute Gasteiger partial charge is 0.406 e. The van der Waals surface area contributed by atoms with Crippen LogP contribution >= 0.6 is 0 Å². The molecule has 2 aliphatic rings. The van der Waals surface area contributed by atoms with E-state index in [2.05, 4.69) is 4.57 Å². The summed E-state index contributed by atoms with van der Waals surface area (Å²) in [7, 11) is 0. The van der Waals surface area contributed by atoms with Crippen molar-refractivity contribution in [3.8, 4) is 0 Å². The Balaban J connectivity index is 1.69. The zero-order valence-electron chi connectivity index (χ0n) is 12.7. The lowest BCUT2D eigenvalue weighted by atomic mass is 10.0. The summed E-state index contributed by atoms with van der Waals surface area (Å²) in [6.07, 6.45) is -2.64. The second-order valence-electron chi connectivity index (χ2n) is 6.12. The lowest BCUT2D eigenvalue weighted by Gasteiger charge is -2.36. The topological polar surface area (TPSA) is 45.6 Å². The number of hydrogen-bond donors (Lipinski definition) is 0. The maximum Gasteiger partial charge on any atom is 0.406 e. The highest BCUT2D eigenvalue weighted by Crippen LogP contribution is 2.30. The number of likely N-dealkylation sites (tertiary alicyclic amines) is 1. The molecule has 0 bridgehead atoms. The Labute approximate surface area is 131 Å². The van der Waals surface area contributed by atoms with E-state index in [1.54, 1.807) is 4.90 Å². The van der Waals surface area contributed by atoms with E-state index in [1.165, 1.54) is 0 Å². The van der Waals surface area contributed by atoms with E-state index >= 15 is 0 Å². The third-order valence-electron chi connectivity index (χ3n) is 4.56. The van der Waals surface area contributed by atoms with Gasteiger partial charge in [0, 0.05) is 37.9 Å². The van der Waals surface area contributed by atoms with Crippen LogP contribution in [0.15, 0.2) is 18.3 Å². The zero-order valence-corrected chi connectivity index (χ0v) is 12.7. The van der Waals surface area contributed by atoms with E-state index < -0.39 is 24.5 Å². The van der Waals surface area contributed by atoms with Gasteiger partial charge in [-0.25, -0.2) is 0 Å². The highest BCUT2D eigenvalue weighted by Gasteiger charge is 2.42. The van der Waals surface area contributed by atoms with Crippen LogP contribution in [-0.4, -0.2) is 52.0 Å². The average Bonchev–Trinajstić information content (AvgIpc) is 3.05. The van der Waals surface area contributed by atoms with Gasteiger partial charge in [-0.15, -0.1) is 0 Å². The molecule has 0 spiro atoms. The molecule has 5 nitrogen and oxygen atoms in total. The van der Waals surface area contributed by atoms with Crippen LogP contribution in [0.5, 0.6) is 0 Å². The van der Waals surface area contributed by atoms with Crippen LogP contribution < -0.4 is 0 Å². The zero-order chi connectivity index (χ0) is 16.8. The number of alkyl halides is 3. The molecule has 23 heavy (non-hydrogen) atoms. The van der Waals surface area contributed by atoms with Gasteiger partial charge in [0.2, 0.25) is 11.8 Å². The average molecular weight is 329 g/mol. The van der Waals surface area contributed by atoms with Gasteiger partial charge in [0.25, 0.3) is 0 Å². The first kappa shape index (κ1) is 15.9. The second kappa shape index (κ2) is 5.58. The van der Waals surface area contributed by atoms with Gasteiger partial charge < -0.3 is 14.4 Å². The van der Waals surface area contributed by atoms with Crippen LogP contribution in [-0.2, 0) is 16.1 Å². The molecule has 0 saturated carbocycles. The van der Waals surface area contributed by atoms with Crippen molar-refractivity contribution in [2.75, 3.05) is 19.6 Å². The minimum Gasteiger partial charge on any atom is -0.348 e. The van der Waals surface area contributed by atoms with E-state index in [-0.39, 0.29) is 24.9 Å². The number of halogens is 3. The first-order chi connectivity index (χ1) is 10.8. The van der Waals surface area contributed by atoms with Crippen molar-refractivity contribution in [2.45, 2.75) is 32.1 Å². The molecule has 0 radical (unpaired) electrons. The van der Waals surface area contributed by atoms with Crippen molar-refractivity contribution in [1.29, 1.82) is 0 Å². The van der Waals surface area contributed by atoms with Crippen LogP contribution in [0.3, 0.4) is 0 Å². The molecular formula is C15H18F3N3O2. The number of carbonyl (C=O) groups excluding carboxylic acids is 2. The summed E-state index contributed by atoms with van der Waals surface area (Å²) in [4.78, 5) is 26.8. The number of nitrogens with zero attached hydrogens (tertiary/aromatic N) is 3. The first-order valence-electron chi connectivity index (χ1n) is 7.56. The predicted octanol–water partition coefficient (Wildman–Crippen LogP) is 1.80. The summed E-state index contributed by atoms with van der Waals surface area (Å²) >= 11 is 0. The maximum absolute atomic E-state index is 12.7. The molecule has 1 fully saturated rings. The molecule has 2 amide bonds. The van der Waals surface area contributed by atoms with E-state index in [4.69, 9.17) is 0 Å². The second-order valence-corrected chi connectivity index (χ2v) is 6.12. The molecule has 1 aromatic heterocycles. The predicted molar refractivity (Wildman–Crippen MR) is 75.3 cm³/mol. The van der Waals surface area contributed by atoms with Gasteiger partial charge in [0.1, 0.15) is 6.54 Å². The van der Waals surface area contributed by atoms with Gasteiger partial charge >= 0.3 is 6.18 Å². The van der Waals surface area contributed by atoms with Crippen molar-refractivity contribution < 1.29 is 22.8 Å². The number of rotatable bonds is 2. The molecule has 0 unspecified atom stereocenters. The summed E-state index contributed by atoms with van der Waals surface area (Å²) in [5.41, 5.74) is 1.00. The van der Waals surface area contributed by atoms with Gasteiger partial charge in [0.15, 0.2) is 0 Å². The van der Waals surface area contributed by atoms with Crippen molar-refractivity contribution in [3.05, 3.63) is 24.0 Å². The Kier molecular flexibility index (Phi) is 3.85. The molecule has 2 aliphatic heterocycles. The van der Waals surface area contributed by atoms with E-state index in [0.717, 1.165) is 10.6 Å². The fourth-order valence-corrected chi connectivity index (χ4v) is 3.42. The van der Waals surface area contributed by atoms with Crippen molar-refractivity contribution in [1.82, 2.24) is 14.4 Å². The number of amides is 2. The molecule has 1 saturated heterocycles. The molecule has 3 heterocycles. The lowest BCUT2D eigenvalue weighted by Crippen LogP contribution is -2.44. The summed E-state index contributed by atoms with van der Waals surface area (Å²) in [6.45, 7) is 1.62. The van der Waals surface area contributed by atoms with E-state index in [1.807, 2.05) is 25.3 Å². The summed E-state index contributed by atoms with van der Waals surface area (Å²) in [6, 6.07) is 3.70. The SMILES string of the molecule is C[C@@H]1c2cccn2CCN1C(=O)[C@H]1CC(=O)N(CC(F)(F)F)C1. The van der Waals surface area contributed by atoms with Gasteiger partial charge in [0.05, 0.1) is 12.0 Å². The Morgan fingerprint density at radius 3 is 2.78 bits per heavy atom. The number of hydrogen-bond acceptors (Lipinski definition) is 2. The molecule has 3 rings (SSSR count). The smallest absolute Gasteiger partial charge is 0.348 e.